The Morgan fingerprint density at radius 3 is 2.78 bits per heavy atom. The van der Waals surface area contributed by atoms with Crippen molar-refractivity contribution in [1.82, 2.24) is 14.5 Å². The monoisotopic (exact) mass is 388 g/mol. The zero-order valence-corrected chi connectivity index (χ0v) is 16.4. The van der Waals surface area contributed by atoms with Crippen LogP contribution in [0.15, 0.2) is 35.6 Å². The number of methoxy groups -OCH3 is 2. The van der Waals surface area contributed by atoms with Gasteiger partial charge in [-0.05, 0) is 36.3 Å². The number of hydrogen-bond acceptors (Lipinski definition) is 6. The van der Waals surface area contributed by atoms with Gasteiger partial charge in [0.15, 0.2) is 16.3 Å². The molecule has 2 N–H and O–H groups in total. The van der Waals surface area contributed by atoms with Crippen molar-refractivity contribution < 1.29 is 9.47 Å². The van der Waals surface area contributed by atoms with Crippen molar-refractivity contribution in [2.45, 2.75) is 19.5 Å². The number of nitrogens with zero attached hydrogens (tertiary/aromatic N) is 2. The maximum absolute atomic E-state index is 12.4. The molecule has 0 bridgehead atoms. The van der Waals surface area contributed by atoms with Crippen LogP contribution in [0.2, 0.25) is 0 Å². The van der Waals surface area contributed by atoms with Crippen molar-refractivity contribution in [1.29, 1.82) is 0 Å². The van der Waals surface area contributed by atoms with Gasteiger partial charge in [-0.2, -0.15) is 0 Å². The van der Waals surface area contributed by atoms with Crippen molar-refractivity contribution in [3.63, 3.8) is 0 Å². The van der Waals surface area contributed by atoms with E-state index in [1.54, 1.807) is 14.2 Å². The first kappa shape index (κ1) is 19.2. The normalized spacial score (nSPS) is 13.6. The number of aryl methyl sites for hydroxylation is 1. The number of benzene rings is 1. The third-order valence-corrected chi connectivity index (χ3v) is 4.93. The Morgan fingerprint density at radius 1 is 1.30 bits per heavy atom. The molecule has 2 heterocycles. The van der Waals surface area contributed by atoms with Crippen LogP contribution in [0.4, 0.5) is 5.82 Å². The third kappa shape index (κ3) is 4.06. The Bertz CT molecular complexity index is 951. The highest BCUT2D eigenvalue weighted by Gasteiger charge is 2.21. The summed E-state index contributed by atoms with van der Waals surface area (Å²) in [5, 5.41) is 3.33. The van der Waals surface area contributed by atoms with Crippen molar-refractivity contribution in [2.24, 2.45) is 0 Å². The maximum atomic E-state index is 12.4. The molecule has 0 aliphatic carbocycles. The Kier molecular flexibility index (Phi) is 5.98. The fraction of sp³-hybridized carbons (Fsp3) is 0.368. The van der Waals surface area contributed by atoms with Gasteiger partial charge in [0.1, 0.15) is 5.82 Å². The van der Waals surface area contributed by atoms with Crippen LogP contribution in [-0.4, -0.2) is 41.9 Å². The molecule has 0 spiro atoms. The molecule has 0 amide bonds. The van der Waals surface area contributed by atoms with E-state index in [-0.39, 0.29) is 5.56 Å². The molecule has 8 heteroatoms. The van der Waals surface area contributed by atoms with Crippen LogP contribution in [0.25, 0.3) is 0 Å². The number of aromatic amines is 1. The standard InChI is InChI=1S/C19H24N4O3S/c1-4-8-22-11-14-17(20-12-22)23(19(27)21-18(14)24)9-7-13-5-6-15(25-2)16(10-13)26-3/h4-6,10,20H,1,7-9,11-12H2,2-3H3,(H,21,24,27). The van der Waals surface area contributed by atoms with Crippen LogP contribution < -0.4 is 20.3 Å². The van der Waals surface area contributed by atoms with Gasteiger partial charge in [-0.15, -0.1) is 6.58 Å². The van der Waals surface area contributed by atoms with E-state index < -0.39 is 0 Å². The van der Waals surface area contributed by atoms with Crippen LogP contribution in [0.1, 0.15) is 11.1 Å². The van der Waals surface area contributed by atoms with Gasteiger partial charge in [0, 0.05) is 19.6 Å². The first-order chi connectivity index (χ1) is 13.1. The Morgan fingerprint density at radius 2 is 2.07 bits per heavy atom. The average molecular weight is 388 g/mol. The van der Waals surface area contributed by atoms with Gasteiger partial charge in [0.05, 0.1) is 26.5 Å². The summed E-state index contributed by atoms with van der Waals surface area (Å²) in [6.07, 6.45) is 2.57. The van der Waals surface area contributed by atoms with Gasteiger partial charge >= 0.3 is 0 Å². The van der Waals surface area contributed by atoms with Crippen molar-refractivity contribution in [3.05, 3.63) is 57.1 Å². The number of hydrogen-bond donors (Lipinski definition) is 2. The number of rotatable bonds is 7. The lowest BCUT2D eigenvalue weighted by atomic mass is 10.1. The molecule has 1 aliphatic rings. The van der Waals surface area contributed by atoms with Crippen LogP contribution in [0, 0.1) is 4.77 Å². The number of aromatic nitrogens is 2. The zero-order chi connectivity index (χ0) is 19.4. The first-order valence-corrected chi connectivity index (χ1v) is 9.12. The minimum absolute atomic E-state index is 0.140. The van der Waals surface area contributed by atoms with E-state index in [1.165, 1.54) is 0 Å². The van der Waals surface area contributed by atoms with Crippen LogP contribution in [0.5, 0.6) is 11.5 Å². The molecule has 0 atom stereocenters. The van der Waals surface area contributed by atoms with Gasteiger partial charge in [-0.1, -0.05) is 12.1 Å². The second-order valence-electron chi connectivity index (χ2n) is 6.31. The molecular weight excluding hydrogens is 364 g/mol. The summed E-state index contributed by atoms with van der Waals surface area (Å²) in [5.41, 5.74) is 1.65. The van der Waals surface area contributed by atoms with E-state index in [1.807, 2.05) is 28.8 Å². The summed E-state index contributed by atoms with van der Waals surface area (Å²) in [6, 6.07) is 5.85. The average Bonchev–Trinajstić information content (AvgIpc) is 2.68. The summed E-state index contributed by atoms with van der Waals surface area (Å²) in [5.74, 6) is 2.19. The van der Waals surface area contributed by atoms with E-state index in [4.69, 9.17) is 21.7 Å². The summed E-state index contributed by atoms with van der Waals surface area (Å²) >= 11 is 5.40. The zero-order valence-electron chi connectivity index (χ0n) is 15.6. The number of ether oxygens (including phenoxy) is 2. The number of anilines is 1. The van der Waals surface area contributed by atoms with Crippen LogP contribution >= 0.6 is 12.2 Å². The topological polar surface area (TPSA) is 71.5 Å². The molecule has 144 valence electrons. The molecule has 0 radical (unpaired) electrons. The lowest BCUT2D eigenvalue weighted by Crippen LogP contribution is -2.39. The molecule has 0 saturated carbocycles. The van der Waals surface area contributed by atoms with Gasteiger partial charge in [0.2, 0.25) is 0 Å². The number of fused-ring (bicyclic) bond motifs is 1. The number of nitrogens with one attached hydrogen (secondary N) is 2. The van der Waals surface area contributed by atoms with Crippen LogP contribution in [0.3, 0.4) is 0 Å². The van der Waals surface area contributed by atoms with E-state index in [0.29, 0.717) is 48.1 Å². The van der Waals surface area contributed by atoms with Gasteiger partial charge < -0.3 is 19.4 Å². The van der Waals surface area contributed by atoms with Crippen molar-refractivity contribution >= 4 is 18.0 Å². The highest BCUT2D eigenvalue weighted by molar-refractivity contribution is 7.71. The fourth-order valence-corrected chi connectivity index (χ4v) is 3.50. The Labute approximate surface area is 163 Å². The summed E-state index contributed by atoms with van der Waals surface area (Å²) in [7, 11) is 3.24. The first-order valence-electron chi connectivity index (χ1n) is 8.71. The smallest absolute Gasteiger partial charge is 0.258 e. The molecule has 0 fully saturated rings. The van der Waals surface area contributed by atoms with E-state index in [2.05, 4.69) is 21.8 Å². The predicted molar refractivity (Wildman–Crippen MR) is 108 cm³/mol. The molecule has 7 nitrogen and oxygen atoms in total. The van der Waals surface area contributed by atoms with Gasteiger partial charge in [-0.3, -0.25) is 14.7 Å². The SMILES string of the molecule is C=CCN1CNc2c(c(=O)[nH]c(=S)n2CCc2ccc(OC)c(OC)c2)C1. The van der Waals surface area contributed by atoms with E-state index in [0.717, 1.165) is 17.8 Å². The highest BCUT2D eigenvalue weighted by Crippen LogP contribution is 2.28. The van der Waals surface area contributed by atoms with Gasteiger partial charge in [0.25, 0.3) is 5.56 Å². The molecule has 0 saturated heterocycles. The number of H-pyrrole nitrogens is 1. The van der Waals surface area contributed by atoms with Gasteiger partial charge in [-0.25, -0.2) is 0 Å². The molecule has 27 heavy (non-hydrogen) atoms. The minimum Gasteiger partial charge on any atom is -0.493 e. The van der Waals surface area contributed by atoms with Crippen molar-refractivity contribution in [2.75, 3.05) is 32.7 Å². The maximum Gasteiger partial charge on any atom is 0.258 e. The van der Waals surface area contributed by atoms with Crippen molar-refractivity contribution in [3.8, 4) is 11.5 Å². The second-order valence-corrected chi connectivity index (χ2v) is 6.70. The molecule has 1 aromatic heterocycles. The molecule has 2 aromatic rings. The molecule has 1 aromatic carbocycles. The predicted octanol–water partition coefficient (Wildman–Crippen LogP) is 2.54. The Hall–Kier alpha value is -2.58. The Balaban J connectivity index is 1.86. The third-order valence-electron chi connectivity index (χ3n) is 4.61. The quantitative estimate of drug-likeness (QED) is 0.561. The summed E-state index contributed by atoms with van der Waals surface area (Å²) in [4.78, 5) is 17.3. The lowest BCUT2D eigenvalue weighted by Gasteiger charge is -2.30. The highest BCUT2D eigenvalue weighted by atomic mass is 32.1. The lowest BCUT2D eigenvalue weighted by molar-refractivity contribution is 0.301. The molecule has 1 aliphatic heterocycles. The molecular formula is C19H24N4O3S. The summed E-state index contributed by atoms with van der Waals surface area (Å²) in [6.45, 7) is 6.33. The second kappa shape index (κ2) is 8.41. The van der Waals surface area contributed by atoms with E-state index in [9.17, 15) is 4.79 Å². The largest absolute Gasteiger partial charge is 0.493 e. The summed E-state index contributed by atoms with van der Waals surface area (Å²) < 4.78 is 13.0. The minimum atomic E-state index is -0.140. The van der Waals surface area contributed by atoms with E-state index >= 15 is 0 Å². The molecule has 3 rings (SSSR count). The molecule has 0 unspecified atom stereocenters. The van der Waals surface area contributed by atoms with Crippen LogP contribution in [-0.2, 0) is 19.5 Å². The fourth-order valence-electron chi connectivity index (χ4n) is 3.23.